The number of rotatable bonds is 4. The van der Waals surface area contributed by atoms with Gasteiger partial charge in [0.2, 0.25) is 5.91 Å². The summed E-state index contributed by atoms with van der Waals surface area (Å²) in [7, 11) is 1.57. The van der Waals surface area contributed by atoms with Gasteiger partial charge in [-0.05, 0) is 42.9 Å². The summed E-state index contributed by atoms with van der Waals surface area (Å²) in [5.74, 6) is 2.23. The maximum Gasteiger partial charge on any atom is 0.228 e. The van der Waals surface area contributed by atoms with Gasteiger partial charge >= 0.3 is 0 Å². The summed E-state index contributed by atoms with van der Waals surface area (Å²) >= 11 is 0. The van der Waals surface area contributed by atoms with Gasteiger partial charge in [-0.15, -0.1) is 0 Å². The molecule has 2 atom stereocenters. The zero-order valence-corrected chi connectivity index (χ0v) is 11.1. The molecule has 0 aliphatic heterocycles. The molecule has 1 aromatic carbocycles. The fourth-order valence-corrected chi connectivity index (χ4v) is 3.42. The molecule has 102 valence electrons. The standard InChI is InChI=1S/C15H19NO3/c1-19-13-6-5-10(7-9(13)8-17)16-15(18)14-11-3-2-4-12(11)14/h5-7,11-12,14,17H,2-4,8H2,1H3,(H,16,18). The molecular weight excluding hydrogens is 242 g/mol. The van der Waals surface area contributed by atoms with Gasteiger partial charge in [-0.25, -0.2) is 0 Å². The summed E-state index contributed by atoms with van der Waals surface area (Å²) in [6.45, 7) is -0.0957. The summed E-state index contributed by atoms with van der Waals surface area (Å²) in [4.78, 5) is 12.1. The van der Waals surface area contributed by atoms with Gasteiger partial charge < -0.3 is 15.2 Å². The Morgan fingerprint density at radius 3 is 2.79 bits per heavy atom. The minimum absolute atomic E-state index is 0.0957. The molecule has 2 aliphatic rings. The molecule has 4 nitrogen and oxygen atoms in total. The van der Waals surface area contributed by atoms with Crippen LogP contribution in [0.2, 0.25) is 0 Å². The van der Waals surface area contributed by atoms with Crippen LogP contribution in [-0.4, -0.2) is 18.1 Å². The minimum Gasteiger partial charge on any atom is -0.496 e. The minimum atomic E-state index is -0.0957. The number of methoxy groups -OCH3 is 1. The first-order chi connectivity index (χ1) is 9.24. The van der Waals surface area contributed by atoms with Crippen molar-refractivity contribution in [3.05, 3.63) is 23.8 Å². The molecule has 0 radical (unpaired) electrons. The number of fused-ring (bicyclic) bond motifs is 1. The van der Waals surface area contributed by atoms with Crippen LogP contribution in [0, 0.1) is 17.8 Å². The van der Waals surface area contributed by atoms with Gasteiger partial charge in [-0.1, -0.05) is 6.42 Å². The van der Waals surface area contributed by atoms with Gasteiger partial charge in [-0.2, -0.15) is 0 Å². The summed E-state index contributed by atoms with van der Waals surface area (Å²) in [5.41, 5.74) is 1.43. The molecule has 2 N–H and O–H groups in total. The SMILES string of the molecule is COc1ccc(NC(=O)C2C3CCCC32)cc1CO. The summed E-state index contributed by atoms with van der Waals surface area (Å²) in [6.07, 6.45) is 3.68. The lowest BCUT2D eigenvalue weighted by molar-refractivity contribution is -0.118. The van der Waals surface area contributed by atoms with Crippen molar-refractivity contribution >= 4 is 11.6 Å². The van der Waals surface area contributed by atoms with E-state index in [1.165, 1.54) is 19.3 Å². The van der Waals surface area contributed by atoms with Crippen LogP contribution < -0.4 is 10.1 Å². The first kappa shape index (κ1) is 12.5. The lowest BCUT2D eigenvalue weighted by Crippen LogP contribution is -2.16. The van der Waals surface area contributed by atoms with Crippen LogP contribution in [0.3, 0.4) is 0 Å². The van der Waals surface area contributed by atoms with E-state index in [9.17, 15) is 9.90 Å². The summed E-state index contributed by atoms with van der Waals surface area (Å²) < 4.78 is 5.14. The van der Waals surface area contributed by atoms with Crippen LogP contribution in [0.5, 0.6) is 5.75 Å². The Balaban J connectivity index is 1.68. The number of aliphatic hydroxyl groups is 1. The topological polar surface area (TPSA) is 58.6 Å². The number of hydrogen-bond acceptors (Lipinski definition) is 3. The second kappa shape index (κ2) is 4.85. The molecule has 4 heteroatoms. The molecule has 3 rings (SSSR count). The molecule has 2 saturated carbocycles. The van der Waals surface area contributed by atoms with Crippen LogP contribution in [-0.2, 0) is 11.4 Å². The van der Waals surface area contributed by atoms with E-state index >= 15 is 0 Å². The Morgan fingerprint density at radius 1 is 1.42 bits per heavy atom. The molecule has 0 heterocycles. The second-order valence-corrected chi connectivity index (χ2v) is 5.46. The van der Waals surface area contributed by atoms with E-state index in [4.69, 9.17) is 4.74 Å². The maximum absolute atomic E-state index is 12.1. The van der Waals surface area contributed by atoms with E-state index in [-0.39, 0.29) is 18.4 Å². The van der Waals surface area contributed by atoms with E-state index in [1.54, 1.807) is 19.2 Å². The van der Waals surface area contributed by atoms with Crippen LogP contribution in [0.25, 0.3) is 0 Å². The van der Waals surface area contributed by atoms with Crippen molar-refractivity contribution in [2.45, 2.75) is 25.9 Å². The highest BCUT2D eigenvalue weighted by atomic mass is 16.5. The Morgan fingerprint density at radius 2 is 2.16 bits per heavy atom. The van der Waals surface area contributed by atoms with Crippen molar-refractivity contribution in [3.63, 3.8) is 0 Å². The molecule has 2 aliphatic carbocycles. The van der Waals surface area contributed by atoms with Crippen LogP contribution in [0.15, 0.2) is 18.2 Å². The monoisotopic (exact) mass is 261 g/mol. The molecule has 0 aromatic heterocycles. The highest BCUT2D eigenvalue weighted by Crippen LogP contribution is 2.57. The average Bonchev–Trinajstić information content (AvgIpc) is 2.92. The molecular formula is C15H19NO3. The van der Waals surface area contributed by atoms with Gasteiger partial charge in [0.25, 0.3) is 0 Å². The molecule has 1 amide bonds. The van der Waals surface area contributed by atoms with Gasteiger partial charge in [-0.3, -0.25) is 4.79 Å². The molecule has 1 aromatic rings. The second-order valence-electron chi connectivity index (χ2n) is 5.46. The van der Waals surface area contributed by atoms with Crippen LogP contribution in [0.4, 0.5) is 5.69 Å². The predicted octanol–water partition coefficient (Wildman–Crippen LogP) is 2.17. The Bertz CT molecular complexity index is 490. The van der Waals surface area contributed by atoms with Crippen molar-refractivity contribution in [2.75, 3.05) is 12.4 Å². The highest BCUT2D eigenvalue weighted by Gasteiger charge is 2.56. The Labute approximate surface area is 112 Å². The lowest BCUT2D eigenvalue weighted by atomic mass is 10.1. The smallest absolute Gasteiger partial charge is 0.228 e. The number of hydrogen-bond donors (Lipinski definition) is 2. The fourth-order valence-electron chi connectivity index (χ4n) is 3.42. The van der Waals surface area contributed by atoms with E-state index in [1.807, 2.05) is 6.07 Å². The number of aliphatic hydroxyl groups excluding tert-OH is 1. The van der Waals surface area contributed by atoms with Crippen molar-refractivity contribution in [3.8, 4) is 5.75 Å². The molecule has 0 saturated heterocycles. The molecule has 0 bridgehead atoms. The van der Waals surface area contributed by atoms with E-state index in [0.29, 0.717) is 23.1 Å². The van der Waals surface area contributed by atoms with Crippen LogP contribution in [0.1, 0.15) is 24.8 Å². The number of carbonyl (C=O) groups is 1. The third kappa shape index (κ3) is 2.21. The van der Waals surface area contributed by atoms with Gasteiger partial charge in [0, 0.05) is 17.2 Å². The quantitative estimate of drug-likeness (QED) is 0.873. The van der Waals surface area contributed by atoms with Crippen molar-refractivity contribution in [2.24, 2.45) is 17.8 Å². The summed E-state index contributed by atoms with van der Waals surface area (Å²) in [6, 6.07) is 5.36. The number of carbonyl (C=O) groups excluding carboxylic acids is 1. The first-order valence-electron chi connectivity index (χ1n) is 6.83. The van der Waals surface area contributed by atoms with E-state index < -0.39 is 0 Å². The van der Waals surface area contributed by atoms with Crippen LogP contribution >= 0.6 is 0 Å². The number of ether oxygens (including phenoxy) is 1. The normalized spacial score (nSPS) is 27.8. The maximum atomic E-state index is 12.1. The highest BCUT2D eigenvalue weighted by molar-refractivity contribution is 5.95. The van der Waals surface area contributed by atoms with Crippen molar-refractivity contribution < 1.29 is 14.6 Å². The van der Waals surface area contributed by atoms with Gasteiger partial charge in [0.1, 0.15) is 5.75 Å². The van der Waals surface area contributed by atoms with Crippen molar-refractivity contribution in [1.29, 1.82) is 0 Å². The largest absolute Gasteiger partial charge is 0.496 e. The van der Waals surface area contributed by atoms with Gasteiger partial charge in [0.05, 0.1) is 13.7 Å². The zero-order chi connectivity index (χ0) is 13.4. The first-order valence-corrected chi connectivity index (χ1v) is 6.83. The number of benzene rings is 1. The third-order valence-corrected chi connectivity index (χ3v) is 4.43. The average molecular weight is 261 g/mol. The van der Waals surface area contributed by atoms with E-state index in [2.05, 4.69) is 5.32 Å². The molecule has 19 heavy (non-hydrogen) atoms. The number of nitrogens with one attached hydrogen (secondary N) is 1. The fraction of sp³-hybridized carbons (Fsp3) is 0.533. The molecule has 2 unspecified atom stereocenters. The van der Waals surface area contributed by atoms with Crippen molar-refractivity contribution in [1.82, 2.24) is 0 Å². The number of amides is 1. The Hall–Kier alpha value is -1.55. The lowest BCUT2D eigenvalue weighted by Gasteiger charge is -2.10. The Kier molecular flexibility index (Phi) is 3.19. The zero-order valence-electron chi connectivity index (χ0n) is 11.1. The molecule has 0 spiro atoms. The third-order valence-electron chi connectivity index (χ3n) is 4.43. The van der Waals surface area contributed by atoms with Gasteiger partial charge in [0.15, 0.2) is 0 Å². The summed E-state index contributed by atoms with van der Waals surface area (Å²) in [5, 5.41) is 12.2. The predicted molar refractivity (Wildman–Crippen MR) is 71.9 cm³/mol. The van der Waals surface area contributed by atoms with E-state index in [0.717, 1.165) is 5.69 Å². The number of anilines is 1. The molecule has 2 fully saturated rings.